The molecule has 0 bridgehead atoms. The molecular formula is C12H15ClF3NO2. The summed E-state index contributed by atoms with van der Waals surface area (Å²) in [5, 5.41) is 3.63. The molecule has 0 saturated carbocycles. The molecule has 0 heterocycles. The molecule has 0 aliphatic heterocycles. The molecule has 1 aromatic carbocycles. The van der Waals surface area contributed by atoms with Gasteiger partial charge in [0.05, 0.1) is 0 Å². The topological polar surface area (TPSA) is 30.5 Å². The number of ether oxygens (including phenoxy) is 2. The van der Waals surface area contributed by atoms with E-state index in [-0.39, 0.29) is 0 Å². The number of benzene rings is 1. The van der Waals surface area contributed by atoms with Crippen molar-refractivity contribution in [3.05, 3.63) is 28.8 Å². The van der Waals surface area contributed by atoms with Gasteiger partial charge in [-0.15, -0.1) is 0 Å². The van der Waals surface area contributed by atoms with Gasteiger partial charge in [-0.1, -0.05) is 18.5 Å². The van der Waals surface area contributed by atoms with Crippen molar-refractivity contribution in [3.8, 4) is 5.75 Å². The zero-order valence-electron chi connectivity index (χ0n) is 10.4. The first kappa shape index (κ1) is 16.1. The van der Waals surface area contributed by atoms with Gasteiger partial charge < -0.3 is 14.8 Å². The molecule has 1 N–H and O–H groups in total. The molecule has 0 spiro atoms. The second-order valence-corrected chi connectivity index (χ2v) is 4.19. The molecule has 0 saturated heterocycles. The predicted octanol–water partition coefficient (Wildman–Crippen LogP) is 3.36. The Kier molecular flexibility index (Phi) is 6.41. The number of hydrogen-bond donors (Lipinski definition) is 1. The van der Waals surface area contributed by atoms with E-state index in [0.717, 1.165) is 12.1 Å². The molecule has 0 amide bonds. The van der Waals surface area contributed by atoms with Crippen molar-refractivity contribution in [1.29, 1.82) is 0 Å². The van der Waals surface area contributed by atoms with Crippen LogP contribution in [0.2, 0.25) is 5.02 Å². The number of rotatable bonds is 7. The van der Waals surface area contributed by atoms with Crippen molar-refractivity contribution in [3.63, 3.8) is 0 Å². The summed E-state index contributed by atoms with van der Waals surface area (Å²) in [5.74, 6) is 0.451. The minimum atomic E-state index is -4.35. The van der Waals surface area contributed by atoms with E-state index in [1.807, 2.05) is 6.92 Å². The fourth-order valence-corrected chi connectivity index (χ4v) is 1.54. The van der Waals surface area contributed by atoms with Crippen LogP contribution >= 0.6 is 11.6 Å². The van der Waals surface area contributed by atoms with Gasteiger partial charge >= 0.3 is 6.18 Å². The fraction of sp³-hybridized carbons (Fsp3) is 0.500. The third-order valence-corrected chi connectivity index (χ3v) is 2.39. The highest BCUT2D eigenvalue weighted by Gasteiger charge is 2.27. The summed E-state index contributed by atoms with van der Waals surface area (Å²) in [6.45, 7) is 1.43. The molecule has 108 valence electrons. The van der Waals surface area contributed by atoms with Crippen LogP contribution in [-0.2, 0) is 11.3 Å². The smallest absolute Gasteiger partial charge is 0.411 e. The molecule has 0 aromatic heterocycles. The van der Waals surface area contributed by atoms with Gasteiger partial charge in [-0.2, -0.15) is 13.2 Å². The van der Waals surface area contributed by atoms with E-state index in [1.54, 1.807) is 18.2 Å². The normalized spacial score (nSPS) is 11.6. The lowest BCUT2D eigenvalue weighted by molar-refractivity contribution is -0.186. The first-order chi connectivity index (χ1) is 8.92. The summed E-state index contributed by atoms with van der Waals surface area (Å²) in [6, 6.07) is 4.91. The van der Waals surface area contributed by atoms with E-state index in [9.17, 15) is 13.2 Å². The molecule has 0 aliphatic carbocycles. The summed E-state index contributed by atoms with van der Waals surface area (Å²) >= 11 is 5.85. The lowest BCUT2D eigenvalue weighted by Gasteiger charge is -2.13. The van der Waals surface area contributed by atoms with Crippen LogP contribution in [-0.4, -0.2) is 26.1 Å². The number of nitrogens with one attached hydrogen (secondary N) is 1. The number of hydrogen-bond acceptors (Lipinski definition) is 3. The van der Waals surface area contributed by atoms with E-state index in [0.29, 0.717) is 17.3 Å². The standard InChI is InChI=1S/C12H15ClF3NO2/c1-2-17-6-9-5-10(13)3-4-11(9)19-8-18-7-12(14,15)16/h3-5,17H,2,6-8H2,1H3. The van der Waals surface area contributed by atoms with Crippen LogP contribution in [0.25, 0.3) is 0 Å². The maximum Gasteiger partial charge on any atom is 0.411 e. The van der Waals surface area contributed by atoms with Gasteiger partial charge in [0.2, 0.25) is 0 Å². The Bertz CT molecular complexity index is 399. The number of alkyl halides is 3. The van der Waals surface area contributed by atoms with Crippen molar-refractivity contribution in [2.24, 2.45) is 0 Å². The van der Waals surface area contributed by atoms with Gasteiger partial charge in [-0.25, -0.2) is 0 Å². The zero-order valence-corrected chi connectivity index (χ0v) is 11.1. The predicted molar refractivity (Wildman–Crippen MR) is 66.3 cm³/mol. The highest BCUT2D eigenvalue weighted by Crippen LogP contribution is 2.23. The van der Waals surface area contributed by atoms with Crippen LogP contribution in [0.4, 0.5) is 13.2 Å². The van der Waals surface area contributed by atoms with Gasteiger partial charge in [-0.3, -0.25) is 0 Å². The van der Waals surface area contributed by atoms with Gasteiger partial charge in [0.1, 0.15) is 12.4 Å². The fourth-order valence-electron chi connectivity index (χ4n) is 1.35. The van der Waals surface area contributed by atoms with Crippen LogP contribution in [0.15, 0.2) is 18.2 Å². The van der Waals surface area contributed by atoms with Crippen molar-refractivity contribution >= 4 is 11.6 Å². The summed E-state index contributed by atoms with van der Waals surface area (Å²) in [4.78, 5) is 0. The highest BCUT2D eigenvalue weighted by molar-refractivity contribution is 6.30. The van der Waals surface area contributed by atoms with E-state index >= 15 is 0 Å². The Morgan fingerprint density at radius 3 is 2.68 bits per heavy atom. The van der Waals surface area contributed by atoms with E-state index in [2.05, 4.69) is 10.1 Å². The molecular weight excluding hydrogens is 283 g/mol. The van der Waals surface area contributed by atoms with Crippen LogP contribution in [0.5, 0.6) is 5.75 Å². The second-order valence-electron chi connectivity index (χ2n) is 3.76. The summed E-state index contributed by atoms with van der Waals surface area (Å²) in [5.41, 5.74) is 0.768. The molecule has 0 atom stereocenters. The van der Waals surface area contributed by atoms with Crippen molar-refractivity contribution in [2.75, 3.05) is 19.9 Å². The molecule has 0 unspecified atom stereocenters. The quantitative estimate of drug-likeness (QED) is 0.618. The van der Waals surface area contributed by atoms with Crippen molar-refractivity contribution in [2.45, 2.75) is 19.6 Å². The molecule has 7 heteroatoms. The van der Waals surface area contributed by atoms with Crippen LogP contribution in [0.3, 0.4) is 0 Å². The molecule has 0 radical (unpaired) electrons. The largest absolute Gasteiger partial charge is 0.467 e. The summed E-state index contributed by atoms with van der Waals surface area (Å²) in [7, 11) is 0. The maximum atomic E-state index is 11.9. The second kappa shape index (κ2) is 7.57. The monoisotopic (exact) mass is 297 g/mol. The number of halogens is 4. The minimum Gasteiger partial charge on any atom is -0.467 e. The van der Waals surface area contributed by atoms with E-state index in [4.69, 9.17) is 16.3 Å². The molecule has 19 heavy (non-hydrogen) atoms. The van der Waals surface area contributed by atoms with Gasteiger partial charge in [0, 0.05) is 17.1 Å². The summed E-state index contributed by atoms with van der Waals surface area (Å²) < 4.78 is 45.2. The molecule has 3 nitrogen and oxygen atoms in total. The van der Waals surface area contributed by atoms with E-state index in [1.165, 1.54) is 0 Å². The molecule has 0 aliphatic rings. The molecule has 1 aromatic rings. The average molecular weight is 298 g/mol. The minimum absolute atomic E-state index is 0.451. The molecule has 1 rings (SSSR count). The Morgan fingerprint density at radius 1 is 1.32 bits per heavy atom. The lowest BCUT2D eigenvalue weighted by Crippen LogP contribution is -2.19. The molecule has 0 fully saturated rings. The highest BCUT2D eigenvalue weighted by atomic mass is 35.5. The van der Waals surface area contributed by atoms with Crippen LogP contribution in [0.1, 0.15) is 12.5 Å². The van der Waals surface area contributed by atoms with Gasteiger partial charge in [0.15, 0.2) is 6.79 Å². The maximum absolute atomic E-state index is 11.9. The first-order valence-electron chi connectivity index (χ1n) is 5.69. The Morgan fingerprint density at radius 2 is 2.05 bits per heavy atom. The van der Waals surface area contributed by atoms with Gasteiger partial charge in [-0.05, 0) is 24.7 Å². The van der Waals surface area contributed by atoms with Gasteiger partial charge in [0.25, 0.3) is 0 Å². The first-order valence-corrected chi connectivity index (χ1v) is 6.06. The zero-order chi connectivity index (χ0) is 14.3. The lowest BCUT2D eigenvalue weighted by atomic mass is 10.2. The Balaban J connectivity index is 2.52. The van der Waals surface area contributed by atoms with Crippen LogP contribution < -0.4 is 10.1 Å². The van der Waals surface area contributed by atoms with Crippen LogP contribution in [0, 0.1) is 0 Å². The van der Waals surface area contributed by atoms with Crippen molar-refractivity contribution < 1.29 is 22.6 Å². The third-order valence-electron chi connectivity index (χ3n) is 2.15. The Hall–Kier alpha value is -0.980. The Labute approximate surface area is 114 Å². The van der Waals surface area contributed by atoms with Crippen molar-refractivity contribution in [1.82, 2.24) is 5.32 Å². The van der Waals surface area contributed by atoms with E-state index < -0.39 is 19.6 Å². The SMILES string of the molecule is CCNCc1cc(Cl)ccc1OCOCC(F)(F)F. The third kappa shape index (κ3) is 6.66. The average Bonchev–Trinajstić information content (AvgIpc) is 2.32. The summed E-state index contributed by atoms with van der Waals surface area (Å²) in [6.07, 6.45) is -4.35.